The van der Waals surface area contributed by atoms with Crippen molar-refractivity contribution in [1.29, 1.82) is 0 Å². The van der Waals surface area contributed by atoms with E-state index in [1.165, 1.54) is 26.4 Å². The molecule has 3 aromatic rings. The van der Waals surface area contributed by atoms with Crippen molar-refractivity contribution in [1.82, 2.24) is 19.3 Å². The van der Waals surface area contributed by atoms with Crippen molar-refractivity contribution in [2.45, 2.75) is 30.6 Å². The second-order valence-corrected chi connectivity index (χ2v) is 15.2. The molecular formula is C24H30ClN6O3PS. The van der Waals surface area contributed by atoms with Crippen LogP contribution in [0.5, 0.6) is 0 Å². The van der Waals surface area contributed by atoms with Gasteiger partial charge in [-0.3, -0.25) is 4.98 Å². The first kappa shape index (κ1) is 26.5. The number of pyridine rings is 1. The number of para-hydroxylation sites is 1. The standard InChI is InChI=1S/C24H30ClN6O3PS/c1-4-35(32)11-9-17(10-12-35)18-13-19(15-26-14-18)28-24-27-16-20(25)23(30-24)29-21-7-5-6-8-22(21)36(33,34)31(2)3/h5-8,13-17H,4,9-12H2,1-3H3,(H2,27,28,29,30). The summed E-state index contributed by atoms with van der Waals surface area (Å²) in [4.78, 5) is 13.2. The third kappa shape index (κ3) is 5.89. The minimum Gasteiger partial charge on any atom is -0.338 e. The number of sulfonamides is 1. The topological polar surface area (TPSA) is 117 Å². The van der Waals surface area contributed by atoms with Crippen molar-refractivity contribution in [2.24, 2.45) is 0 Å². The van der Waals surface area contributed by atoms with Crippen molar-refractivity contribution >= 4 is 51.9 Å². The number of nitrogens with zero attached hydrogens (tertiary/aromatic N) is 4. The molecule has 0 aliphatic carbocycles. The average molecular weight is 549 g/mol. The van der Waals surface area contributed by atoms with Gasteiger partial charge in [-0.05, 0) is 48.7 Å². The fraction of sp³-hybridized carbons (Fsp3) is 0.375. The van der Waals surface area contributed by atoms with E-state index in [4.69, 9.17) is 11.6 Å². The number of hydrogen-bond donors (Lipinski definition) is 2. The lowest BCUT2D eigenvalue weighted by molar-refractivity contribution is 0.521. The van der Waals surface area contributed by atoms with Gasteiger partial charge >= 0.3 is 0 Å². The first-order valence-electron chi connectivity index (χ1n) is 11.7. The lowest BCUT2D eigenvalue weighted by Gasteiger charge is -2.28. The minimum atomic E-state index is -3.68. The maximum atomic E-state index is 12.7. The van der Waals surface area contributed by atoms with Gasteiger partial charge in [-0.25, -0.2) is 17.7 Å². The number of halogens is 1. The van der Waals surface area contributed by atoms with Crippen LogP contribution < -0.4 is 10.6 Å². The van der Waals surface area contributed by atoms with Crippen LogP contribution in [0.15, 0.2) is 53.8 Å². The molecule has 1 saturated heterocycles. The van der Waals surface area contributed by atoms with Crippen molar-refractivity contribution in [2.75, 3.05) is 43.2 Å². The van der Waals surface area contributed by atoms with Gasteiger partial charge in [0.2, 0.25) is 16.0 Å². The Kier molecular flexibility index (Phi) is 7.99. The Balaban J connectivity index is 1.54. The number of benzene rings is 1. The molecule has 0 saturated carbocycles. The minimum absolute atomic E-state index is 0.108. The summed E-state index contributed by atoms with van der Waals surface area (Å²) in [7, 11) is -2.72. The number of nitrogens with one attached hydrogen (secondary N) is 2. The van der Waals surface area contributed by atoms with Crippen LogP contribution >= 0.6 is 18.7 Å². The second kappa shape index (κ2) is 10.8. The van der Waals surface area contributed by atoms with E-state index < -0.39 is 17.2 Å². The van der Waals surface area contributed by atoms with E-state index in [9.17, 15) is 13.0 Å². The maximum Gasteiger partial charge on any atom is 0.244 e. The molecule has 1 aromatic carbocycles. The van der Waals surface area contributed by atoms with Crippen LogP contribution in [0, 0.1) is 0 Å². The van der Waals surface area contributed by atoms with Gasteiger partial charge in [0.1, 0.15) is 9.92 Å². The van der Waals surface area contributed by atoms with Crippen LogP contribution in [0.25, 0.3) is 0 Å². The van der Waals surface area contributed by atoms with Gasteiger partial charge in [-0.2, -0.15) is 4.98 Å². The Hall–Kier alpha value is -2.52. The highest BCUT2D eigenvalue weighted by molar-refractivity contribution is 7.89. The highest BCUT2D eigenvalue weighted by Gasteiger charge is 2.29. The highest BCUT2D eigenvalue weighted by Crippen LogP contribution is 2.53. The summed E-state index contributed by atoms with van der Waals surface area (Å²) >= 11 is 6.33. The number of anilines is 4. The molecule has 12 heteroatoms. The van der Waals surface area contributed by atoms with Crippen molar-refractivity contribution < 1.29 is 13.0 Å². The number of rotatable bonds is 8. The molecule has 3 heterocycles. The summed E-state index contributed by atoms with van der Waals surface area (Å²) in [5, 5.41) is 6.44. The van der Waals surface area contributed by atoms with Crippen LogP contribution in [0.3, 0.4) is 0 Å². The van der Waals surface area contributed by atoms with E-state index >= 15 is 0 Å². The predicted molar refractivity (Wildman–Crippen MR) is 145 cm³/mol. The Morgan fingerprint density at radius 1 is 1.11 bits per heavy atom. The van der Waals surface area contributed by atoms with Crippen molar-refractivity contribution in [3.05, 3.63) is 59.5 Å². The molecule has 0 spiro atoms. The molecule has 192 valence electrons. The van der Waals surface area contributed by atoms with E-state index in [0.29, 0.717) is 11.6 Å². The third-order valence-electron chi connectivity index (χ3n) is 6.48. The molecule has 36 heavy (non-hydrogen) atoms. The maximum absolute atomic E-state index is 12.7. The van der Waals surface area contributed by atoms with Crippen molar-refractivity contribution in [3.8, 4) is 0 Å². The molecule has 0 bridgehead atoms. The Morgan fingerprint density at radius 2 is 1.83 bits per heavy atom. The molecule has 1 fully saturated rings. The summed E-state index contributed by atoms with van der Waals surface area (Å²) < 4.78 is 39.3. The largest absolute Gasteiger partial charge is 0.338 e. The molecule has 1 aliphatic rings. The monoisotopic (exact) mass is 548 g/mol. The van der Waals surface area contributed by atoms with Gasteiger partial charge in [0.05, 0.1) is 30.9 Å². The molecule has 4 rings (SSSR count). The van der Waals surface area contributed by atoms with Crippen LogP contribution in [0.2, 0.25) is 5.02 Å². The fourth-order valence-electron chi connectivity index (χ4n) is 4.20. The summed E-state index contributed by atoms with van der Waals surface area (Å²) in [5.74, 6) is 0.876. The van der Waals surface area contributed by atoms with Crippen LogP contribution in [-0.4, -0.2) is 60.3 Å². The van der Waals surface area contributed by atoms with Gasteiger partial charge < -0.3 is 15.2 Å². The third-order valence-corrected chi connectivity index (χ3v) is 11.9. The Morgan fingerprint density at radius 3 is 2.53 bits per heavy atom. The molecule has 1 aliphatic heterocycles. The number of hydrogen-bond acceptors (Lipinski definition) is 8. The first-order chi connectivity index (χ1) is 17.1. The summed E-state index contributed by atoms with van der Waals surface area (Å²) in [6.45, 7) is 2.02. The number of aromatic nitrogens is 3. The lowest BCUT2D eigenvalue weighted by Crippen LogP contribution is -2.23. The Bertz CT molecular complexity index is 1390. The van der Waals surface area contributed by atoms with E-state index in [1.807, 2.05) is 19.2 Å². The molecule has 2 aromatic heterocycles. The smallest absolute Gasteiger partial charge is 0.244 e. The van der Waals surface area contributed by atoms with Crippen LogP contribution in [-0.2, 0) is 14.6 Å². The average Bonchev–Trinajstić information content (AvgIpc) is 2.87. The SMILES string of the molecule is CCP1(=O)CCC(c2cncc(Nc3ncc(Cl)c(Nc4ccccc4S(=O)(=O)N(C)C)n3)c2)CC1. The highest BCUT2D eigenvalue weighted by atomic mass is 35.5. The predicted octanol–water partition coefficient (Wildman–Crippen LogP) is 5.52. The van der Waals surface area contributed by atoms with Crippen LogP contribution in [0.4, 0.5) is 23.1 Å². The van der Waals surface area contributed by atoms with Gasteiger partial charge in [-0.1, -0.05) is 30.7 Å². The van der Waals surface area contributed by atoms with E-state index in [0.717, 1.165) is 46.9 Å². The molecule has 0 amide bonds. The zero-order chi connectivity index (χ0) is 25.9. The molecular weight excluding hydrogens is 519 g/mol. The van der Waals surface area contributed by atoms with Gasteiger partial charge in [-0.15, -0.1) is 0 Å². The Labute approximate surface area is 217 Å². The van der Waals surface area contributed by atoms with Gasteiger partial charge in [0.15, 0.2) is 5.82 Å². The second-order valence-electron chi connectivity index (χ2n) is 9.03. The molecule has 0 atom stereocenters. The summed E-state index contributed by atoms with van der Waals surface area (Å²) in [6.07, 6.45) is 9.13. The molecule has 0 unspecified atom stereocenters. The summed E-state index contributed by atoms with van der Waals surface area (Å²) in [6, 6.07) is 8.57. The zero-order valence-electron chi connectivity index (χ0n) is 20.5. The molecule has 2 N–H and O–H groups in total. The van der Waals surface area contributed by atoms with E-state index in [1.54, 1.807) is 24.4 Å². The molecule has 0 radical (unpaired) electrons. The van der Waals surface area contributed by atoms with E-state index in [-0.39, 0.29) is 21.7 Å². The quantitative estimate of drug-likeness (QED) is 0.353. The van der Waals surface area contributed by atoms with Crippen LogP contribution in [0.1, 0.15) is 31.2 Å². The van der Waals surface area contributed by atoms with Crippen molar-refractivity contribution in [3.63, 3.8) is 0 Å². The lowest BCUT2D eigenvalue weighted by atomic mass is 9.95. The molecule has 9 nitrogen and oxygen atoms in total. The zero-order valence-corrected chi connectivity index (χ0v) is 22.9. The summed E-state index contributed by atoms with van der Waals surface area (Å²) in [5.41, 5.74) is 2.17. The fourth-order valence-corrected chi connectivity index (χ4v) is 7.80. The van der Waals surface area contributed by atoms with Gasteiger partial charge in [0, 0.05) is 32.6 Å². The normalized spacial score (nSPS) is 20.3. The van der Waals surface area contributed by atoms with E-state index in [2.05, 4.69) is 25.6 Å². The van der Waals surface area contributed by atoms with Gasteiger partial charge in [0.25, 0.3) is 0 Å². The first-order valence-corrected chi connectivity index (χ1v) is 15.8.